The molecule has 0 saturated heterocycles. The van der Waals surface area contributed by atoms with Crippen molar-refractivity contribution in [3.05, 3.63) is 208 Å². The van der Waals surface area contributed by atoms with Gasteiger partial charge in [0.25, 0.3) is 0 Å². The molecule has 9 aromatic rings. The van der Waals surface area contributed by atoms with E-state index in [1.807, 2.05) is 36.4 Å². The third kappa shape index (κ3) is 7.61. The summed E-state index contributed by atoms with van der Waals surface area (Å²) in [5.74, 6) is 4.81. The monoisotopic (exact) mass is 854 g/mol. The zero-order valence-electron chi connectivity index (χ0n) is 37.5. The summed E-state index contributed by atoms with van der Waals surface area (Å²) >= 11 is 0. The molecule has 2 aliphatic rings. The second-order valence-corrected chi connectivity index (χ2v) is 17.9. The summed E-state index contributed by atoms with van der Waals surface area (Å²) in [7, 11) is 0. The zero-order chi connectivity index (χ0) is 44.7. The van der Waals surface area contributed by atoms with Crippen LogP contribution in [0.3, 0.4) is 0 Å². The molecular formula is C62H50N2O2. The Kier molecular flexibility index (Phi) is 10.8. The summed E-state index contributed by atoms with van der Waals surface area (Å²) in [5, 5.41) is 5.50. The van der Waals surface area contributed by atoms with Crippen molar-refractivity contribution in [1.82, 2.24) is 0 Å². The number of nitrogens with zero attached hydrogens (tertiary/aromatic N) is 2. The van der Waals surface area contributed by atoms with Crippen LogP contribution in [0.2, 0.25) is 0 Å². The summed E-state index contributed by atoms with van der Waals surface area (Å²) in [6.07, 6.45) is 18.6. The predicted octanol–water partition coefficient (Wildman–Crippen LogP) is 16.5. The van der Waals surface area contributed by atoms with E-state index in [-0.39, 0.29) is 0 Å². The van der Waals surface area contributed by atoms with Crippen molar-refractivity contribution in [3.8, 4) is 23.5 Å². The van der Waals surface area contributed by atoms with E-state index in [1.54, 1.807) is 0 Å². The first kappa shape index (κ1) is 41.0. The number of hydrogen-bond donors (Lipinski definition) is 0. The molecule has 0 bridgehead atoms. The number of fused-ring (bicyclic) bond motifs is 6. The highest BCUT2D eigenvalue weighted by Gasteiger charge is 2.21. The molecule has 2 aromatic heterocycles. The van der Waals surface area contributed by atoms with Gasteiger partial charge < -0.3 is 8.83 Å². The van der Waals surface area contributed by atoms with Gasteiger partial charge in [0.05, 0.1) is 11.3 Å². The van der Waals surface area contributed by atoms with Crippen LogP contribution in [-0.4, -0.2) is 11.5 Å². The van der Waals surface area contributed by atoms with Gasteiger partial charge in [-0.1, -0.05) is 153 Å². The molecule has 0 amide bonds. The molecule has 0 unspecified atom stereocenters. The maximum Gasteiger partial charge on any atom is 0.160 e. The normalized spacial score (nSPS) is 15.0. The largest absolute Gasteiger partial charge is 0.455 e. The van der Waals surface area contributed by atoms with E-state index in [0.29, 0.717) is 23.2 Å². The summed E-state index contributed by atoms with van der Waals surface area (Å²) in [5.41, 5.74) is 16.1. The maximum atomic E-state index is 6.64. The standard InChI is InChI=1S/C62H50N2O2/c1-5-50-53-24-11-13-27-57(53)65-59(50)35-39(2)46-34-31-44-20-16-26-51(55(44)37-46)41(4)64-62(45-32-29-43(30-33-45)42-17-7-6-8-18-42)63-40(3)47-21-15-22-49(36-47)60-52-23-10-9-19-48(52)38-56-54-25-12-14-28-58(54)66-61(56)60/h1,9-16,19-30,32-33,35-38,42H,4,6-8,17-18,31,34H2,2-3H3/b39-35+,63-40+,64-62-. The van der Waals surface area contributed by atoms with Gasteiger partial charge in [-0.3, -0.25) is 0 Å². The van der Waals surface area contributed by atoms with Crippen molar-refractivity contribution < 1.29 is 8.83 Å². The number of hydrogen-bond acceptors (Lipinski definition) is 3. The third-order valence-electron chi connectivity index (χ3n) is 13.8. The molecule has 4 heteroatoms. The van der Waals surface area contributed by atoms with Crippen molar-refractivity contribution in [1.29, 1.82) is 0 Å². The van der Waals surface area contributed by atoms with Crippen LogP contribution >= 0.6 is 0 Å². The lowest BCUT2D eigenvalue weighted by molar-refractivity contribution is 0.443. The fourth-order valence-corrected chi connectivity index (χ4v) is 10.3. The fourth-order valence-electron chi connectivity index (χ4n) is 10.3. The van der Waals surface area contributed by atoms with Crippen molar-refractivity contribution >= 4 is 73.1 Å². The molecule has 1 fully saturated rings. The van der Waals surface area contributed by atoms with Crippen molar-refractivity contribution in [2.45, 2.75) is 64.7 Å². The Hall–Kier alpha value is -7.74. The number of terminal acetylenes is 1. The van der Waals surface area contributed by atoms with Gasteiger partial charge in [0.15, 0.2) is 5.84 Å². The van der Waals surface area contributed by atoms with Crippen LogP contribution < -0.4 is 0 Å². The van der Waals surface area contributed by atoms with E-state index in [9.17, 15) is 0 Å². The van der Waals surface area contributed by atoms with Crippen molar-refractivity contribution in [3.63, 3.8) is 0 Å². The minimum atomic E-state index is 0.600. The quantitative estimate of drug-likeness (QED) is 0.0868. The molecule has 0 N–H and O–H groups in total. The smallest absolute Gasteiger partial charge is 0.160 e. The van der Waals surface area contributed by atoms with Gasteiger partial charge in [0.1, 0.15) is 22.5 Å². The first-order valence-electron chi connectivity index (χ1n) is 23.3. The van der Waals surface area contributed by atoms with Gasteiger partial charge in [-0.05, 0) is 132 Å². The number of furan rings is 2. The van der Waals surface area contributed by atoms with Crippen LogP contribution in [0, 0.1) is 12.3 Å². The average Bonchev–Trinajstić information content (AvgIpc) is 3.92. The second kappa shape index (κ2) is 17.3. The number of para-hydroxylation sites is 2. The maximum absolute atomic E-state index is 6.64. The summed E-state index contributed by atoms with van der Waals surface area (Å²) in [6.45, 7) is 8.85. The van der Waals surface area contributed by atoms with Crippen LogP contribution in [0.1, 0.15) is 103 Å². The minimum absolute atomic E-state index is 0.600. The third-order valence-corrected chi connectivity index (χ3v) is 13.8. The summed E-state index contributed by atoms with van der Waals surface area (Å²) in [6, 6.07) is 51.2. The van der Waals surface area contributed by atoms with Crippen LogP contribution in [0.4, 0.5) is 0 Å². The van der Waals surface area contributed by atoms with Gasteiger partial charge >= 0.3 is 0 Å². The van der Waals surface area contributed by atoms with Gasteiger partial charge in [0, 0.05) is 38.6 Å². The zero-order valence-corrected chi connectivity index (χ0v) is 37.5. The average molecular weight is 855 g/mol. The van der Waals surface area contributed by atoms with Crippen LogP contribution in [0.15, 0.2) is 182 Å². The Morgan fingerprint density at radius 1 is 0.682 bits per heavy atom. The van der Waals surface area contributed by atoms with Crippen LogP contribution in [0.5, 0.6) is 0 Å². The SMILES string of the molecule is C#Cc1c(/C=C(\C)C2=Cc3c(cccc3C(=C)/N=C(\N=C(/C)c3cccc(-c4c5ccccc5cc5c4oc4ccccc45)c3)c3ccc(C4CCCCC4)cc3)CC2)oc2ccccc12. The Morgan fingerprint density at radius 2 is 1.41 bits per heavy atom. The number of rotatable bonds is 8. The molecule has 0 aliphatic heterocycles. The topological polar surface area (TPSA) is 51.0 Å². The highest BCUT2D eigenvalue weighted by atomic mass is 16.3. The Bertz CT molecular complexity index is 3550. The predicted molar refractivity (Wildman–Crippen MR) is 277 cm³/mol. The Balaban J connectivity index is 0.989. The van der Waals surface area contributed by atoms with E-state index in [1.165, 1.54) is 54.2 Å². The number of amidine groups is 1. The Labute approximate surface area is 386 Å². The minimum Gasteiger partial charge on any atom is -0.455 e. The molecule has 2 aliphatic carbocycles. The lowest BCUT2D eigenvalue weighted by Crippen LogP contribution is -2.07. The van der Waals surface area contributed by atoms with Crippen LogP contribution in [0.25, 0.3) is 72.7 Å². The lowest BCUT2D eigenvalue weighted by atomic mass is 9.84. The molecule has 0 spiro atoms. The van der Waals surface area contributed by atoms with Gasteiger partial charge in [-0.15, -0.1) is 6.42 Å². The van der Waals surface area contributed by atoms with Crippen molar-refractivity contribution in [2.75, 3.05) is 0 Å². The molecule has 1 saturated carbocycles. The molecule has 4 nitrogen and oxygen atoms in total. The molecule has 11 rings (SSSR count). The van der Waals surface area contributed by atoms with E-state index < -0.39 is 0 Å². The fraction of sp³-hybridized carbons (Fsp3) is 0.161. The summed E-state index contributed by atoms with van der Waals surface area (Å²) in [4.78, 5) is 10.7. The number of aliphatic imine (C=N–C) groups is 2. The number of benzene rings is 7. The highest BCUT2D eigenvalue weighted by molar-refractivity contribution is 6.19. The second-order valence-electron chi connectivity index (χ2n) is 17.9. The van der Waals surface area contributed by atoms with Gasteiger partial charge in [0.2, 0.25) is 0 Å². The molecule has 320 valence electrons. The molecule has 0 radical (unpaired) electrons. The first-order valence-corrected chi connectivity index (χ1v) is 23.3. The van der Waals surface area contributed by atoms with E-state index >= 15 is 0 Å². The van der Waals surface area contributed by atoms with E-state index in [2.05, 4.69) is 148 Å². The summed E-state index contributed by atoms with van der Waals surface area (Å²) < 4.78 is 12.9. The molecule has 7 aromatic carbocycles. The highest BCUT2D eigenvalue weighted by Crippen LogP contribution is 2.42. The first-order chi connectivity index (χ1) is 32.4. The van der Waals surface area contributed by atoms with Crippen molar-refractivity contribution in [2.24, 2.45) is 9.98 Å². The Morgan fingerprint density at radius 3 is 2.21 bits per heavy atom. The molecule has 0 atom stereocenters. The van der Waals surface area contributed by atoms with Gasteiger partial charge in [-0.25, -0.2) is 9.98 Å². The van der Waals surface area contributed by atoms with Crippen LogP contribution in [-0.2, 0) is 6.42 Å². The number of aryl methyl sites for hydroxylation is 1. The molecule has 2 heterocycles. The lowest BCUT2D eigenvalue weighted by Gasteiger charge is -2.22. The van der Waals surface area contributed by atoms with E-state index in [0.717, 1.165) is 101 Å². The molecular weight excluding hydrogens is 805 g/mol. The van der Waals surface area contributed by atoms with E-state index in [4.69, 9.17) is 25.2 Å². The number of allylic oxidation sites excluding steroid dienone is 2. The molecule has 66 heavy (non-hydrogen) atoms. The van der Waals surface area contributed by atoms with Gasteiger partial charge in [-0.2, -0.15) is 0 Å².